The zero-order valence-electron chi connectivity index (χ0n) is 8.10. The summed E-state index contributed by atoms with van der Waals surface area (Å²) in [5.41, 5.74) is 7.11. The molecule has 14 heavy (non-hydrogen) atoms. The third-order valence-electron chi connectivity index (χ3n) is 2.12. The third-order valence-corrected chi connectivity index (χ3v) is 2.12. The molecule has 0 amide bonds. The molecular weight excluding hydrogens is 182 g/mol. The third kappa shape index (κ3) is 2.23. The van der Waals surface area contributed by atoms with Crippen molar-refractivity contribution >= 4 is 0 Å². The van der Waals surface area contributed by atoms with Gasteiger partial charge >= 0.3 is 0 Å². The molecule has 0 aliphatic carbocycles. The number of rotatable bonds is 4. The molecule has 0 radical (unpaired) electrons. The van der Waals surface area contributed by atoms with Crippen molar-refractivity contribution in [1.29, 1.82) is 0 Å². The van der Waals surface area contributed by atoms with Crippen LogP contribution in [0.2, 0.25) is 0 Å². The van der Waals surface area contributed by atoms with Gasteiger partial charge in [0, 0.05) is 0 Å². The van der Waals surface area contributed by atoms with E-state index in [4.69, 9.17) is 20.7 Å². The molecule has 4 nitrogen and oxygen atoms in total. The summed E-state index contributed by atoms with van der Waals surface area (Å²) in [6.07, 6.45) is 0. The highest BCUT2D eigenvalue weighted by molar-refractivity contribution is 5.37. The molecule has 1 atom stereocenters. The van der Waals surface area contributed by atoms with Crippen molar-refractivity contribution in [3.05, 3.63) is 29.3 Å². The van der Waals surface area contributed by atoms with Gasteiger partial charge in [0.25, 0.3) is 0 Å². The zero-order chi connectivity index (χ0) is 10.6. The van der Waals surface area contributed by atoms with Crippen LogP contribution in [-0.4, -0.2) is 23.9 Å². The van der Waals surface area contributed by atoms with E-state index in [-0.39, 0.29) is 13.2 Å². The summed E-state index contributed by atoms with van der Waals surface area (Å²) in [5.74, 6) is 0.668. The summed E-state index contributed by atoms with van der Waals surface area (Å²) < 4.78 is 5.03. The highest BCUT2D eigenvalue weighted by Crippen LogP contribution is 2.22. The molecule has 1 rings (SSSR count). The van der Waals surface area contributed by atoms with Crippen molar-refractivity contribution in [2.45, 2.75) is 12.6 Å². The molecule has 0 saturated carbocycles. The Morgan fingerprint density at radius 1 is 1.43 bits per heavy atom. The normalized spacial score (nSPS) is 12.6. The fraction of sp³-hybridized carbons (Fsp3) is 0.400. The van der Waals surface area contributed by atoms with Crippen molar-refractivity contribution in [1.82, 2.24) is 0 Å². The SMILES string of the molecule is COc1ccc(CO)c([C@@H](N)CO)c1. The Hall–Kier alpha value is -1.10. The quantitative estimate of drug-likeness (QED) is 0.643. The van der Waals surface area contributed by atoms with Gasteiger partial charge in [-0.15, -0.1) is 0 Å². The molecule has 1 aromatic carbocycles. The summed E-state index contributed by atoms with van der Waals surface area (Å²) in [4.78, 5) is 0. The predicted octanol–water partition coefficient (Wildman–Crippen LogP) is 0.180. The monoisotopic (exact) mass is 197 g/mol. The number of aliphatic hydroxyl groups excluding tert-OH is 2. The number of methoxy groups -OCH3 is 1. The van der Waals surface area contributed by atoms with Crippen LogP contribution in [0.15, 0.2) is 18.2 Å². The predicted molar refractivity (Wildman–Crippen MR) is 52.9 cm³/mol. The maximum atomic E-state index is 9.05. The van der Waals surface area contributed by atoms with Gasteiger partial charge in [0.05, 0.1) is 26.4 Å². The fourth-order valence-electron chi connectivity index (χ4n) is 1.29. The summed E-state index contributed by atoms with van der Waals surface area (Å²) in [6, 6.07) is 4.74. The van der Waals surface area contributed by atoms with Crippen LogP contribution in [0.1, 0.15) is 17.2 Å². The highest BCUT2D eigenvalue weighted by Gasteiger charge is 2.10. The zero-order valence-corrected chi connectivity index (χ0v) is 8.10. The van der Waals surface area contributed by atoms with Crippen LogP contribution in [0.4, 0.5) is 0 Å². The molecule has 0 bridgehead atoms. The fourth-order valence-corrected chi connectivity index (χ4v) is 1.29. The van der Waals surface area contributed by atoms with E-state index in [1.54, 1.807) is 25.3 Å². The van der Waals surface area contributed by atoms with Crippen LogP contribution in [0.5, 0.6) is 5.75 Å². The molecule has 4 heteroatoms. The number of hydrogen-bond donors (Lipinski definition) is 3. The van der Waals surface area contributed by atoms with Crippen LogP contribution < -0.4 is 10.5 Å². The first-order valence-corrected chi connectivity index (χ1v) is 4.37. The first-order chi connectivity index (χ1) is 6.72. The van der Waals surface area contributed by atoms with E-state index < -0.39 is 6.04 Å². The van der Waals surface area contributed by atoms with Crippen LogP contribution in [0.3, 0.4) is 0 Å². The van der Waals surface area contributed by atoms with Crippen LogP contribution in [0.25, 0.3) is 0 Å². The minimum Gasteiger partial charge on any atom is -0.497 e. The molecule has 0 unspecified atom stereocenters. The molecule has 0 aromatic heterocycles. The lowest BCUT2D eigenvalue weighted by Crippen LogP contribution is -2.16. The van der Waals surface area contributed by atoms with E-state index >= 15 is 0 Å². The van der Waals surface area contributed by atoms with Crippen molar-refractivity contribution in [2.24, 2.45) is 5.73 Å². The molecule has 0 aliphatic heterocycles. The first kappa shape index (κ1) is 11.0. The molecule has 1 aromatic rings. The van der Waals surface area contributed by atoms with E-state index in [2.05, 4.69) is 0 Å². The van der Waals surface area contributed by atoms with Gasteiger partial charge in [-0.25, -0.2) is 0 Å². The maximum Gasteiger partial charge on any atom is 0.119 e. The Kier molecular flexibility index (Phi) is 3.88. The average Bonchev–Trinajstić information content (AvgIpc) is 2.27. The van der Waals surface area contributed by atoms with E-state index in [1.807, 2.05) is 0 Å². The van der Waals surface area contributed by atoms with Gasteiger partial charge in [-0.3, -0.25) is 0 Å². The Balaban J connectivity index is 3.08. The topological polar surface area (TPSA) is 75.7 Å². The molecule has 0 fully saturated rings. The number of ether oxygens (including phenoxy) is 1. The van der Waals surface area contributed by atoms with Gasteiger partial charge in [-0.2, -0.15) is 0 Å². The molecule has 78 valence electrons. The Bertz CT molecular complexity index is 301. The minimum absolute atomic E-state index is 0.0903. The first-order valence-electron chi connectivity index (χ1n) is 4.37. The second-order valence-corrected chi connectivity index (χ2v) is 3.01. The molecule has 0 heterocycles. The van der Waals surface area contributed by atoms with Crippen molar-refractivity contribution in [3.8, 4) is 5.75 Å². The van der Waals surface area contributed by atoms with E-state index in [0.717, 1.165) is 0 Å². The minimum atomic E-state index is -0.479. The highest BCUT2D eigenvalue weighted by atomic mass is 16.5. The standard InChI is InChI=1S/C10H15NO3/c1-14-8-3-2-7(5-12)9(4-8)10(11)6-13/h2-4,10,12-13H,5-6,11H2,1H3/t10-/m0/s1. The van der Waals surface area contributed by atoms with Gasteiger partial charge < -0.3 is 20.7 Å². The summed E-state index contributed by atoms with van der Waals surface area (Å²) in [6.45, 7) is -0.243. The smallest absolute Gasteiger partial charge is 0.119 e. The Morgan fingerprint density at radius 3 is 2.64 bits per heavy atom. The maximum absolute atomic E-state index is 9.05. The van der Waals surface area contributed by atoms with Crippen molar-refractivity contribution in [3.63, 3.8) is 0 Å². The Labute approximate surface area is 82.9 Å². The lowest BCUT2D eigenvalue weighted by molar-refractivity contribution is 0.258. The summed E-state index contributed by atoms with van der Waals surface area (Å²) in [7, 11) is 1.56. The van der Waals surface area contributed by atoms with Gasteiger partial charge in [0.1, 0.15) is 5.75 Å². The van der Waals surface area contributed by atoms with Gasteiger partial charge in [0.2, 0.25) is 0 Å². The summed E-state index contributed by atoms with van der Waals surface area (Å²) in [5, 5.41) is 18.0. The molecule has 0 saturated heterocycles. The van der Waals surface area contributed by atoms with Gasteiger partial charge in [0.15, 0.2) is 0 Å². The number of hydrogen-bond acceptors (Lipinski definition) is 4. The number of nitrogens with two attached hydrogens (primary N) is 1. The second-order valence-electron chi connectivity index (χ2n) is 3.01. The lowest BCUT2D eigenvalue weighted by Gasteiger charge is -2.14. The van der Waals surface area contributed by atoms with Crippen LogP contribution >= 0.6 is 0 Å². The van der Waals surface area contributed by atoms with Gasteiger partial charge in [-0.1, -0.05) is 6.07 Å². The molecule has 4 N–H and O–H groups in total. The van der Waals surface area contributed by atoms with E-state index in [0.29, 0.717) is 16.9 Å². The molecule has 0 spiro atoms. The molecular formula is C10H15NO3. The van der Waals surface area contributed by atoms with Crippen LogP contribution in [0, 0.1) is 0 Å². The van der Waals surface area contributed by atoms with Crippen LogP contribution in [-0.2, 0) is 6.61 Å². The lowest BCUT2D eigenvalue weighted by atomic mass is 10.0. The van der Waals surface area contributed by atoms with Crippen molar-refractivity contribution < 1.29 is 14.9 Å². The number of benzene rings is 1. The number of aliphatic hydroxyl groups is 2. The van der Waals surface area contributed by atoms with E-state index in [1.165, 1.54) is 0 Å². The summed E-state index contributed by atoms with van der Waals surface area (Å²) >= 11 is 0. The average molecular weight is 197 g/mol. The van der Waals surface area contributed by atoms with E-state index in [9.17, 15) is 0 Å². The van der Waals surface area contributed by atoms with Crippen molar-refractivity contribution in [2.75, 3.05) is 13.7 Å². The second kappa shape index (κ2) is 4.95. The molecule has 0 aliphatic rings. The largest absolute Gasteiger partial charge is 0.497 e. The van der Waals surface area contributed by atoms with Gasteiger partial charge in [-0.05, 0) is 23.3 Å². The Morgan fingerprint density at radius 2 is 2.14 bits per heavy atom.